The highest BCUT2D eigenvalue weighted by Crippen LogP contribution is 2.32. The smallest absolute Gasteiger partial charge is 0.306 e. The molecule has 31 heavy (non-hydrogen) atoms. The number of fused-ring (bicyclic) bond motifs is 1. The number of aromatic nitrogens is 2. The van der Waals surface area contributed by atoms with E-state index in [0.29, 0.717) is 25.0 Å². The molecule has 0 aliphatic carbocycles. The molecule has 0 unspecified atom stereocenters. The highest BCUT2D eigenvalue weighted by Gasteiger charge is 2.16. The van der Waals surface area contributed by atoms with Gasteiger partial charge in [0.25, 0.3) is 0 Å². The quantitative estimate of drug-likeness (QED) is 0.430. The van der Waals surface area contributed by atoms with Crippen LogP contribution in [0.1, 0.15) is 35.0 Å². The van der Waals surface area contributed by atoms with E-state index < -0.39 is 5.91 Å². The fourth-order valence-electron chi connectivity index (χ4n) is 3.72. The maximum Gasteiger partial charge on any atom is 0.306 e. The summed E-state index contributed by atoms with van der Waals surface area (Å²) in [6, 6.07) is 15.7. The van der Waals surface area contributed by atoms with Gasteiger partial charge in [0.1, 0.15) is 0 Å². The predicted molar refractivity (Wildman–Crippen MR) is 123 cm³/mol. The van der Waals surface area contributed by atoms with E-state index in [9.17, 15) is 9.59 Å². The third kappa shape index (κ3) is 4.22. The van der Waals surface area contributed by atoms with Crippen LogP contribution in [-0.4, -0.2) is 28.0 Å². The van der Waals surface area contributed by atoms with E-state index in [1.807, 2.05) is 30.6 Å². The van der Waals surface area contributed by atoms with Crippen molar-refractivity contribution in [2.45, 2.75) is 26.7 Å². The van der Waals surface area contributed by atoms with Crippen molar-refractivity contribution in [3.8, 4) is 16.9 Å². The minimum Gasteiger partial charge on any atom is -0.466 e. The molecule has 0 saturated carbocycles. The molecular formula is C24H23N3O3S. The Labute approximate surface area is 184 Å². The van der Waals surface area contributed by atoms with Crippen LogP contribution in [0.15, 0.2) is 54.0 Å². The number of hydrogen-bond acceptors (Lipinski definition) is 5. The minimum absolute atomic E-state index is 0.219. The number of nitrogens with two attached hydrogens (primary N) is 1. The molecule has 2 aromatic heterocycles. The van der Waals surface area contributed by atoms with Crippen LogP contribution < -0.4 is 5.73 Å². The molecule has 2 aromatic carbocycles. The predicted octanol–water partition coefficient (Wildman–Crippen LogP) is 4.66. The summed E-state index contributed by atoms with van der Waals surface area (Å²) < 4.78 is 8.35. The molecule has 0 atom stereocenters. The van der Waals surface area contributed by atoms with Gasteiger partial charge in [-0.3, -0.25) is 9.59 Å². The van der Waals surface area contributed by atoms with Gasteiger partial charge in [-0.15, -0.1) is 11.3 Å². The summed E-state index contributed by atoms with van der Waals surface area (Å²) in [4.78, 5) is 27.9. The van der Waals surface area contributed by atoms with Crippen molar-refractivity contribution in [1.29, 1.82) is 0 Å². The number of amides is 1. The van der Waals surface area contributed by atoms with Crippen molar-refractivity contribution in [2.24, 2.45) is 5.73 Å². The number of esters is 1. The lowest BCUT2D eigenvalue weighted by atomic mass is 10.1. The summed E-state index contributed by atoms with van der Waals surface area (Å²) in [6.45, 7) is 4.12. The molecule has 0 bridgehead atoms. The van der Waals surface area contributed by atoms with Gasteiger partial charge in [0.05, 0.1) is 34.4 Å². The van der Waals surface area contributed by atoms with Crippen molar-refractivity contribution in [3.05, 3.63) is 70.9 Å². The molecule has 0 spiro atoms. The molecule has 0 aliphatic rings. The first-order chi connectivity index (χ1) is 15.0. The van der Waals surface area contributed by atoms with E-state index in [4.69, 9.17) is 10.5 Å². The van der Waals surface area contributed by atoms with Crippen LogP contribution in [0.5, 0.6) is 0 Å². The molecule has 0 radical (unpaired) electrons. The SMILES string of the molecule is CCOC(=O)CCc1ccc(-c2ccc3ncsc3c2)n1-c1ccc(C(N)=O)cc1C. The Balaban J connectivity index is 1.82. The van der Waals surface area contributed by atoms with Crippen molar-refractivity contribution in [3.63, 3.8) is 0 Å². The van der Waals surface area contributed by atoms with Gasteiger partial charge in [-0.25, -0.2) is 4.98 Å². The third-order valence-electron chi connectivity index (χ3n) is 5.20. The zero-order valence-corrected chi connectivity index (χ0v) is 18.2. The lowest BCUT2D eigenvalue weighted by Gasteiger charge is -2.17. The van der Waals surface area contributed by atoms with E-state index in [1.54, 1.807) is 30.4 Å². The zero-order chi connectivity index (χ0) is 22.0. The summed E-state index contributed by atoms with van der Waals surface area (Å²) in [5.41, 5.74) is 13.6. The molecule has 158 valence electrons. The lowest BCUT2D eigenvalue weighted by molar-refractivity contribution is -0.143. The summed E-state index contributed by atoms with van der Waals surface area (Å²) in [5, 5.41) is 0. The van der Waals surface area contributed by atoms with E-state index >= 15 is 0 Å². The van der Waals surface area contributed by atoms with Gasteiger partial charge >= 0.3 is 5.97 Å². The Hall–Kier alpha value is -3.45. The Kier molecular flexibility index (Phi) is 5.86. The Morgan fingerprint density at radius 1 is 1.13 bits per heavy atom. The van der Waals surface area contributed by atoms with Gasteiger partial charge in [-0.05, 0) is 68.3 Å². The highest BCUT2D eigenvalue weighted by atomic mass is 32.1. The monoisotopic (exact) mass is 433 g/mol. The molecule has 4 rings (SSSR count). The average Bonchev–Trinajstić information content (AvgIpc) is 3.38. The number of thiazole rings is 1. The second-order valence-electron chi connectivity index (χ2n) is 7.25. The number of carbonyl (C=O) groups excluding carboxylic acids is 2. The molecule has 0 aliphatic heterocycles. The summed E-state index contributed by atoms with van der Waals surface area (Å²) in [7, 11) is 0. The van der Waals surface area contributed by atoms with Crippen molar-refractivity contribution in [2.75, 3.05) is 6.61 Å². The molecule has 2 N–H and O–H groups in total. The fourth-order valence-corrected chi connectivity index (χ4v) is 4.44. The van der Waals surface area contributed by atoms with Gasteiger partial charge in [-0.1, -0.05) is 6.07 Å². The molecule has 0 fully saturated rings. The van der Waals surface area contributed by atoms with Gasteiger partial charge < -0.3 is 15.0 Å². The van der Waals surface area contributed by atoms with Crippen LogP contribution >= 0.6 is 11.3 Å². The summed E-state index contributed by atoms with van der Waals surface area (Å²) in [5.74, 6) is -0.677. The number of benzene rings is 2. The Morgan fingerprint density at radius 3 is 2.71 bits per heavy atom. The van der Waals surface area contributed by atoms with E-state index in [2.05, 4.69) is 27.8 Å². The summed E-state index contributed by atoms with van der Waals surface area (Å²) >= 11 is 1.60. The van der Waals surface area contributed by atoms with Crippen molar-refractivity contribution < 1.29 is 14.3 Å². The van der Waals surface area contributed by atoms with Crippen molar-refractivity contribution in [1.82, 2.24) is 9.55 Å². The van der Waals surface area contributed by atoms with Crippen LogP contribution in [0.2, 0.25) is 0 Å². The number of aryl methyl sites for hydroxylation is 2. The van der Waals surface area contributed by atoms with Crippen LogP contribution in [-0.2, 0) is 16.0 Å². The number of nitrogens with zero attached hydrogens (tertiary/aromatic N) is 2. The zero-order valence-electron chi connectivity index (χ0n) is 17.4. The van der Waals surface area contributed by atoms with Gasteiger partial charge in [-0.2, -0.15) is 0 Å². The molecular weight excluding hydrogens is 410 g/mol. The average molecular weight is 434 g/mol. The Bertz CT molecular complexity index is 1270. The number of primary amides is 1. The molecule has 6 nitrogen and oxygen atoms in total. The first-order valence-corrected chi connectivity index (χ1v) is 11.0. The largest absolute Gasteiger partial charge is 0.466 e. The van der Waals surface area contributed by atoms with Crippen molar-refractivity contribution >= 4 is 33.4 Å². The fraction of sp³-hybridized carbons (Fsp3) is 0.208. The van der Waals surface area contributed by atoms with Gasteiger partial charge in [0.2, 0.25) is 5.91 Å². The van der Waals surface area contributed by atoms with Crippen LogP contribution in [0, 0.1) is 6.92 Å². The molecule has 0 saturated heterocycles. The summed E-state index contributed by atoms with van der Waals surface area (Å²) in [6.07, 6.45) is 0.836. The number of ether oxygens (including phenoxy) is 1. The normalized spacial score (nSPS) is 11.0. The first-order valence-electron chi connectivity index (χ1n) is 10.1. The number of carbonyl (C=O) groups is 2. The molecule has 2 heterocycles. The molecule has 4 aromatic rings. The van der Waals surface area contributed by atoms with E-state index in [0.717, 1.165) is 38.4 Å². The number of hydrogen-bond donors (Lipinski definition) is 1. The maximum atomic E-state index is 12.0. The lowest BCUT2D eigenvalue weighted by Crippen LogP contribution is -2.12. The topological polar surface area (TPSA) is 87.2 Å². The second-order valence-corrected chi connectivity index (χ2v) is 8.14. The van der Waals surface area contributed by atoms with Gasteiger partial charge in [0.15, 0.2) is 0 Å². The molecule has 7 heteroatoms. The standard InChI is InChI=1S/C24H23N3O3S/c1-3-30-23(28)11-7-18-6-10-21(16-4-8-19-22(13-16)31-14-26-19)27(18)20-9-5-17(24(25)29)12-15(20)2/h4-6,8-10,12-14H,3,7,11H2,1-2H3,(H2,25,29). The minimum atomic E-state index is -0.458. The van der Waals surface area contributed by atoms with Gasteiger partial charge in [0, 0.05) is 22.5 Å². The first kappa shape index (κ1) is 20.8. The Morgan fingerprint density at radius 2 is 1.97 bits per heavy atom. The maximum absolute atomic E-state index is 12.0. The highest BCUT2D eigenvalue weighted by molar-refractivity contribution is 7.16. The van der Waals surface area contributed by atoms with E-state index in [-0.39, 0.29) is 5.97 Å². The molecule has 1 amide bonds. The van der Waals surface area contributed by atoms with Crippen LogP contribution in [0.3, 0.4) is 0 Å². The van der Waals surface area contributed by atoms with Crippen LogP contribution in [0.4, 0.5) is 0 Å². The third-order valence-corrected chi connectivity index (χ3v) is 5.99. The van der Waals surface area contributed by atoms with Crippen LogP contribution in [0.25, 0.3) is 27.2 Å². The second kappa shape index (κ2) is 8.73. The van der Waals surface area contributed by atoms with E-state index in [1.165, 1.54) is 0 Å². The number of rotatable bonds is 7.